The van der Waals surface area contributed by atoms with Gasteiger partial charge in [0.2, 0.25) is 3.79 Å². The van der Waals surface area contributed by atoms with Crippen molar-refractivity contribution >= 4 is 61.9 Å². The van der Waals surface area contributed by atoms with Gasteiger partial charge in [0.15, 0.2) is 5.78 Å². The molecule has 0 bridgehead atoms. The molecule has 2 aromatic rings. The lowest BCUT2D eigenvalue weighted by Crippen LogP contribution is -2.39. The molecule has 0 aliphatic carbocycles. The molecule has 10 heteroatoms. The van der Waals surface area contributed by atoms with E-state index in [9.17, 15) is 13.2 Å². The Balaban J connectivity index is 2.42. The first-order valence-corrected chi connectivity index (χ1v) is 10.9. The average Bonchev–Trinajstić information content (AvgIpc) is 3.13. The number of alkyl halides is 3. The second kappa shape index (κ2) is 8.46. The summed E-state index contributed by atoms with van der Waals surface area (Å²) in [5.74, 6) is -1.04. The summed E-state index contributed by atoms with van der Waals surface area (Å²) in [6.45, 7) is 1.51. The van der Waals surface area contributed by atoms with E-state index in [0.717, 1.165) is 11.3 Å². The summed E-state index contributed by atoms with van der Waals surface area (Å²) in [5.41, 5.74) is 0.543. The molecule has 1 aromatic carbocycles. The van der Waals surface area contributed by atoms with Crippen LogP contribution in [0, 0.1) is 5.92 Å². The number of halogens is 3. The van der Waals surface area contributed by atoms with E-state index in [1.807, 2.05) is 0 Å². The Morgan fingerprint density at radius 2 is 1.81 bits per heavy atom. The van der Waals surface area contributed by atoms with Gasteiger partial charge < -0.3 is 4.74 Å². The summed E-state index contributed by atoms with van der Waals surface area (Å²) < 4.78 is 30.9. The third-order valence-electron chi connectivity index (χ3n) is 3.71. The minimum Gasteiger partial charge on any atom is -0.497 e. The Morgan fingerprint density at radius 3 is 2.27 bits per heavy atom. The van der Waals surface area contributed by atoms with Crippen LogP contribution in [-0.2, 0) is 14.8 Å². The smallest absolute Gasteiger partial charge is 0.250 e. The number of carbonyl (C=O) groups excluding carboxylic acids is 1. The fourth-order valence-corrected chi connectivity index (χ4v) is 5.15. The largest absolute Gasteiger partial charge is 0.497 e. The zero-order valence-corrected chi connectivity index (χ0v) is 17.7. The first-order chi connectivity index (χ1) is 12.1. The van der Waals surface area contributed by atoms with Crippen molar-refractivity contribution in [1.82, 2.24) is 4.72 Å². The molecular formula is C16H16Cl3NO4S2. The van der Waals surface area contributed by atoms with Crippen LogP contribution in [-0.4, -0.2) is 25.1 Å². The summed E-state index contributed by atoms with van der Waals surface area (Å²) in [5, 5.41) is 1.65. The van der Waals surface area contributed by atoms with Crippen LogP contribution in [0.2, 0.25) is 0 Å². The molecule has 0 spiro atoms. The van der Waals surface area contributed by atoms with Crippen molar-refractivity contribution in [1.29, 1.82) is 0 Å². The minimum atomic E-state index is -3.85. The van der Waals surface area contributed by atoms with Crippen molar-refractivity contribution in [3.05, 3.63) is 47.3 Å². The SMILES string of the molecule is COc1ccc([C@@H](NS(=O)(=O)c2cccs2)[C@H](C)C(=O)C(Cl)(Cl)Cl)cc1. The van der Waals surface area contributed by atoms with E-state index in [4.69, 9.17) is 39.5 Å². The Kier molecular flexibility index (Phi) is 6.98. The van der Waals surface area contributed by atoms with Gasteiger partial charge >= 0.3 is 0 Å². The number of rotatable bonds is 7. The van der Waals surface area contributed by atoms with E-state index >= 15 is 0 Å². The van der Waals surface area contributed by atoms with Crippen molar-refractivity contribution in [3.63, 3.8) is 0 Å². The highest BCUT2D eigenvalue weighted by molar-refractivity contribution is 7.91. The van der Waals surface area contributed by atoms with Crippen LogP contribution in [0.4, 0.5) is 0 Å². The summed E-state index contributed by atoms with van der Waals surface area (Å²) in [4.78, 5) is 12.4. The van der Waals surface area contributed by atoms with E-state index in [1.54, 1.807) is 35.7 Å². The van der Waals surface area contributed by atoms with Gasteiger partial charge in [-0.2, -0.15) is 0 Å². The van der Waals surface area contributed by atoms with Crippen LogP contribution in [0.25, 0.3) is 0 Å². The normalized spacial score (nSPS) is 14.7. The van der Waals surface area contributed by atoms with Crippen LogP contribution >= 0.6 is 46.1 Å². The number of benzene rings is 1. The monoisotopic (exact) mass is 455 g/mol. The molecule has 0 saturated heterocycles. The Hall–Kier alpha value is -0.830. The van der Waals surface area contributed by atoms with Gasteiger partial charge in [-0.05, 0) is 29.1 Å². The second-order valence-corrected chi connectivity index (χ2v) is 10.6. The number of ether oxygens (including phenoxy) is 1. The maximum atomic E-state index is 12.6. The van der Waals surface area contributed by atoms with Gasteiger partial charge in [-0.15, -0.1) is 11.3 Å². The van der Waals surface area contributed by atoms with Crippen molar-refractivity contribution in [3.8, 4) is 5.75 Å². The quantitative estimate of drug-likeness (QED) is 0.629. The Morgan fingerprint density at radius 1 is 1.19 bits per heavy atom. The number of carbonyl (C=O) groups is 1. The van der Waals surface area contributed by atoms with Gasteiger partial charge in [0.1, 0.15) is 9.96 Å². The van der Waals surface area contributed by atoms with Crippen LogP contribution in [0.15, 0.2) is 46.0 Å². The molecule has 0 aliphatic heterocycles. The lowest BCUT2D eigenvalue weighted by atomic mass is 9.92. The van der Waals surface area contributed by atoms with Crippen LogP contribution in [0.3, 0.4) is 0 Å². The number of hydrogen-bond acceptors (Lipinski definition) is 5. The van der Waals surface area contributed by atoms with Gasteiger partial charge in [-0.1, -0.05) is 59.9 Å². The first kappa shape index (κ1) is 21.5. The van der Waals surface area contributed by atoms with E-state index in [0.29, 0.717) is 11.3 Å². The van der Waals surface area contributed by atoms with Gasteiger partial charge in [0.05, 0.1) is 13.2 Å². The number of sulfonamides is 1. The molecule has 0 unspecified atom stereocenters. The Labute approximate surface area is 171 Å². The average molecular weight is 457 g/mol. The number of ketones is 1. The van der Waals surface area contributed by atoms with Crippen LogP contribution in [0.1, 0.15) is 18.5 Å². The summed E-state index contributed by atoms with van der Waals surface area (Å²) in [7, 11) is -2.33. The lowest BCUT2D eigenvalue weighted by molar-refractivity contribution is -0.122. The third kappa shape index (κ3) is 5.12. The maximum Gasteiger partial charge on any atom is 0.250 e. The van der Waals surface area contributed by atoms with E-state index in [1.165, 1.54) is 20.1 Å². The molecular weight excluding hydrogens is 441 g/mol. The molecule has 1 heterocycles. The molecule has 142 valence electrons. The highest BCUT2D eigenvalue weighted by Gasteiger charge is 2.40. The molecule has 1 aromatic heterocycles. The molecule has 2 rings (SSSR count). The van der Waals surface area contributed by atoms with Gasteiger partial charge in [0, 0.05) is 5.92 Å². The van der Waals surface area contributed by atoms with Gasteiger partial charge in [-0.25, -0.2) is 13.1 Å². The van der Waals surface area contributed by atoms with E-state index < -0.39 is 31.6 Å². The lowest BCUT2D eigenvalue weighted by Gasteiger charge is -2.26. The standard InChI is InChI=1S/C16H16Cl3NO4S2/c1-10(15(21)16(17,18)19)14(11-5-7-12(24-2)8-6-11)20-26(22,23)13-4-3-9-25-13/h3-10,14,20H,1-2H3/t10-,14-/m0/s1. The van der Waals surface area contributed by atoms with Crippen molar-refractivity contribution in [2.24, 2.45) is 5.92 Å². The predicted molar refractivity (Wildman–Crippen MR) is 105 cm³/mol. The molecule has 0 saturated carbocycles. The first-order valence-electron chi connectivity index (χ1n) is 7.37. The molecule has 2 atom stereocenters. The van der Waals surface area contributed by atoms with E-state index in [2.05, 4.69) is 4.72 Å². The highest BCUT2D eigenvalue weighted by Crippen LogP contribution is 2.36. The predicted octanol–water partition coefficient (Wildman–Crippen LogP) is 4.35. The number of methoxy groups -OCH3 is 1. The number of nitrogens with one attached hydrogen (secondary N) is 1. The van der Waals surface area contributed by atoms with Gasteiger partial charge in [0.25, 0.3) is 10.0 Å². The summed E-state index contributed by atoms with van der Waals surface area (Å²) in [6.07, 6.45) is 0. The number of Topliss-reactive ketones (excluding diaryl/α,β-unsaturated/α-hetero) is 1. The maximum absolute atomic E-state index is 12.6. The minimum absolute atomic E-state index is 0.129. The number of thiophene rings is 1. The molecule has 0 amide bonds. The topological polar surface area (TPSA) is 72.5 Å². The fourth-order valence-electron chi connectivity index (χ4n) is 2.32. The molecule has 0 radical (unpaired) electrons. The Bertz CT molecular complexity index is 847. The number of hydrogen-bond donors (Lipinski definition) is 1. The van der Waals surface area contributed by atoms with Crippen molar-refractivity contribution < 1.29 is 17.9 Å². The van der Waals surface area contributed by atoms with Crippen molar-refractivity contribution in [2.75, 3.05) is 7.11 Å². The van der Waals surface area contributed by atoms with Crippen LogP contribution in [0.5, 0.6) is 5.75 Å². The third-order valence-corrected chi connectivity index (χ3v) is 7.11. The summed E-state index contributed by atoms with van der Waals surface area (Å²) >= 11 is 18.2. The molecule has 0 aliphatic rings. The fraction of sp³-hybridized carbons (Fsp3) is 0.312. The molecule has 0 fully saturated rings. The highest BCUT2D eigenvalue weighted by atomic mass is 35.6. The van der Waals surface area contributed by atoms with Crippen LogP contribution < -0.4 is 9.46 Å². The molecule has 5 nitrogen and oxygen atoms in total. The molecule has 1 N–H and O–H groups in total. The van der Waals surface area contributed by atoms with Crippen molar-refractivity contribution in [2.45, 2.75) is 21.0 Å². The van der Waals surface area contributed by atoms with E-state index in [-0.39, 0.29) is 4.21 Å². The summed E-state index contributed by atoms with van der Waals surface area (Å²) in [6, 6.07) is 8.81. The molecule has 26 heavy (non-hydrogen) atoms. The zero-order valence-electron chi connectivity index (χ0n) is 13.8. The second-order valence-electron chi connectivity index (χ2n) is 5.45. The zero-order chi connectivity index (χ0) is 19.5. The van der Waals surface area contributed by atoms with Gasteiger partial charge in [-0.3, -0.25) is 4.79 Å².